The summed E-state index contributed by atoms with van der Waals surface area (Å²) >= 11 is 0. The zero-order valence-electron chi connectivity index (χ0n) is 27.0. The summed E-state index contributed by atoms with van der Waals surface area (Å²) in [5, 5.41) is 38.4. The van der Waals surface area contributed by atoms with Crippen LogP contribution in [0.3, 0.4) is 0 Å². The van der Waals surface area contributed by atoms with Crippen molar-refractivity contribution in [2.24, 2.45) is 27.9 Å². The quantitative estimate of drug-likeness (QED) is 0.0331. The van der Waals surface area contributed by atoms with Crippen LogP contribution in [0, 0.1) is 0 Å². The Morgan fingerprint density at radius 2 is 1.29 bits per heavy atom. The second-order valence-electron chi connectivity index (χ2n) is 11.2. The Hall–Kier alpha value is -4.97. The molecule has 0 bridgehead atoms. The predicted octanol–water partition coefficient (Wildman–Crippen LogP) is -2.26. The van der Waals surface area contributed by atoms with Gasteiger partial charge >= 0.3 is 11.9 Å². The molecule has 0 unspecified atom stereocenters. The van der Waals surface area contributed by atoms with Crippen LogP contribution in [-0.4, -0.2) is 100 Å². The van der Waals surface area contributed by atoms with Crippen molar-refractivity contribution in [3.8, 4) is 5.75 Å². The summed E-state index contributed by atoms with van der Waals surface area (Å²) in [6, 6.07) is -0.788. The van der Waals surface area contributed by atoms with Crippen LogP contribution in [0.4, 0.5) is 0 Å². The number of aliphatic imine (C=N–C) groups is 1. The van der Waals surface area contributed by atoms with Gasteiger partial charge in [0.1, 0.15) is 29.9 Å². The molecule has 0 aromatic heterocycles. The highest BCUT2D eigenvalue weighted by atomic mass is 16.4. The maximum absolute atomic E-state index is 13.3. The lowest BCUT2D eigenvalue weighted by atomic mass is 10.0. The molecule has 18 heteroatoms. The molecule has 1 aromatic rings. The van der Waals surface area contributed by atoms with Crippen molar-refractivity contribution < 1.29 is 44.1 Å². The number of carbonyl (C=O) groups is 6. The summed E-state index contributed by atoms with van der Waals surface area (Å²) in [5.74, 6) is -6.26. The highest BCUT2D eigenvalue weighted by molar-refractivity contribution is 5.96. The van der Waals surface area contributed by atoms with Crippen molar-refractivity contribution in [3.63, 3.8) is 0 Å². The normalized spacial score (nSPS) is 13.9. The molecular weight excluding hydrogens is 630 g/mol. The number of unbranched alkanes of at least 4 members (excludes halogenated alkanes) is 1. The number of guanidine groups is 1. The maximum atomic E-state index is 13.3. The van der Waals surface area contributed by atoms with Gasteiger partial charge in [0.15, 0.2) is 5.96 Å². The number of phenols is 1. The Bertz CT molecular complexity index is 1260. The van der Waals surface area contributed by atoms with Gasteiger partial charge in [0.25, 0.3) is 0 Å². The molecule has 15 N–H and O–H groups in total. The Morgan fingerprint density at radius 3 is 1.83 bits per heavy atom. The number of rotatable bonds is 23. The van der Waals surface area contributed by atoms with Crippen molar-refractivity contribution in [2.45, 2.75) is 94.9 Å². The number of carboxylic acids is 2. The first-order valence-corrected chi connectivity index (χ1v) is 15.6. The standard InChI is InChI=1S/C30H49N9O9/c1-2-6-20(26(44)39-23(29(47)48)15-17-9-11-18(40)12-10-17)37-28(46)22(16-24(41)42)38-27(45)21(8-3-4-13-31)36-25(43)19(32)7-5-14-35-30(33)34/h9-12,19-23,40H,2-8,13-16,31-32H2,1H3,(H,36,43)(H,37,46)(H,38,45)(H,39,44)(H,41,42)(H,47,48)(H4,33,34,35)/t19-,20-,21-,22-,23-/m0/s1. The Labute approximate surface area is 278 Å². The number of carbonyl (C=O) groups excluding carboxylic acids is 4. The van der Waals surface area contributed by atoms with Gasteiger partial charge < -0.3 is 59.5 Å². The van der Waals surface area contributed by atoms with E-state index in [-0.39, 0.29) is 43.9 Å². The summed E-state index contributed by atoms with van der Waals surface area (Å²) in [6.45, 7) is 2.27. The van der Waals surface area contributed by atoms with Gasteiger partial charge in [0, 0.05) is 13.0 Å². The van der Waals surface area contributed by atoms with E-state index in [2.05, 4.69) is 26.3 Å². The van der Waals surface area contributed by atoms with E-state index in [1.807, 2.05) is 0 Å². The molecule has 1 rings (SSSR count). The number of aromatic hydroxyl groups is 1. The molecule has 0 saturated carbocycles. The third-order valence-corrected chi connectivity index (χ3v) is 7.10. The van der Waals surface area contributed by atoms with Crippen LogP contribution >= 0.6 is 0 Å². The van der Waals surface area contributed by atoms with Gasteiger partial charge in [-0.2, -0.15) is 0 Å². The molecule has 0 radical (unpaired) electrons. The van der Waals surface area contributed by atoms with Crippen molar-refractivity contribution in [3.05, 3.63) is 29.8 Å². The molecule has 4 amide bonds. The van der Waals surface area contributed by atoms with Gasteiger partial charge in [0.2, 0.25) is 23.6 Å². The fourth-order valence-corrected chi connectivity index (χ4v) is 4.52. The lowest BCUT2D eigenvalue weighted by Crippen LogP contribution is -2.59. The fourth-order valence-electron chi connectivity index (χ4n) is 4.52. The Balaban J connectivity index is 3.06. The number of amides is 4. The van der Waals surface area contributed by atoms with E-state index in [0.29, 0.717) is 37.8 Å². The summed E-state index contributed by atoms with van der Waals surface area (Å²) in [4.78, 5) is 79.9. The zero-order valence-corrected chi connectivity index (χ0v) is 27.0. The van der Waals surface area contributed by atoms with E-state index in [9.17, 15) is 44.1 Å². The van der Waals surface area contributed by atoms with Gasteiger partial charge in [-0.3, -0.25) is 29.0 Å². The number of carboxylic acid groups (broad SMARTS) is 2. The van der Waals surface area contributed by atoms with E-state index < -0.39 is 72.2 Å². The van der Waals surface area contributed by atoms with Crippen LogP contribution < -0.4 is 44.2 Å². The van der Waals surface area contributed by atoms with Gasteiger partial charge in [-0.05, 0) is 62.8 Å². The molecule has 1 aromatic carbocycles. The van der Waals surface area contributed by atoms with Crippen LogP contribution in [0.5, 0.6) is 5.75 Å². The third kappa shape index (κ3) is 16.0. The molecule has 0 heterocycles. The number of nitrogens with two attached hydrogens (primary N) is 4. The fraction of sp³-hybridized carbons (Fsp3) is 0.567. The van der Waals surface area contributed by atoms with Crippen LogP contribution in [0.15, 0.2) is 29.3 Å². The van der Waals surface area contributed by atoms with Gasteiger partial charge in [-0.15, -0.1) is 0 Å². The van der Waals surface area contributed by atoms with Gasteiger partial charge in [-0.1, -0.05) is 25.5 Å². The molecule has 0 aliphatic rings. The van der Waals surface area contributed by atoms with Gasteiger partial charge in [-0.25, -0.2) is 4.79 Å². The zero-order chi connectivity index (χ0) is 36.2. The number of hydrogen-bond donors (Lipinski definition) is 11. The lowest BCUT2D eigenvalue weighted by Gasteiger charge is -2.26. The molecule has 0 spiro atoms. The smallest absolute Gasteiger partial charge is 0.326 e. The average Bonchev–Trinajstić information content (AvgIpc) is 3.02. The van der Waals surface area contributed by atoms with Crippen LogP contribution in [0.2, 0.25) is 0 Å². The number of nitrogens with one attached hydrogen (secondary N) is 4. The number of nitrogens with zero attached hydrogens (tertiary/aromatic N) is 1. The minimum atomic E-state index is -1.66. The number of benzene rings is 1. The second kappa shape index (κ2) is 21.8. The minimum Gasteiger partial charge on any atom is -0.508 e. The van der Waals surface area contributed by atoms with Crippen molar-refractivity contribution >= 4 is 41.5 Å². The lowest BCUT2D eigenvalue weighted by molar-refractivity contribution is -0.143. The minimum absolute atomic E-state index is 0.0211. The molecule has 0 aliphatic heterocycles. The molecule has 0 aliphatic carbocycles. The Morgan fingerprint density at radius 1 is 0.750 bits per heavy atom. The van der Waals surface area contributed by atoms with E-state index in [1.165, 1.54) is 24.3 Å². The van der Waals surface area contributed by atoms with Crippen LogP contribution in [0.1, 0.15) is 63.9 Å². The molecule has 5 atom stereocenters. The van der Waals surface area contributed by atoms with Crippen LogP contribution in [-0.2, 0) is 35.2 Å². The monoisotopic (exact) mass is 679 g/mol. The van der Waals surface area contributed by atoms with E-state index >= 15 is 0 Å². The predicted molar refractivity (Wildman–Crippen MR) is 175 cm³/mol. The summed E-state index contributed by atoms with van der Waals surface area (Å²) in [7, 11) is 0. The first-order valence-electron chi connectivity index (χ1n) is 15.6. The summed E-state index contributed by atoms with van der Waals surface area (Å²) in [5.41, 5.74) is 22.6. The van der Waals surface area contributed by atoms with Crippen molar-refractivity contribution in [1.82, 2.24) is 21.3 Å². The van der Waals surface area contributed by atoms with Gasteiger partial charge in [0.05, 0.1) is 12.5 Å². The van der Waals surface area contributed by atoms with Crippen molar-refractivity contribution in [1.29, 1.82) is 0 Å². The molecule has 18 nitrogen and oxygen atoms in total. The highest BCUT2D eigenvalue weighted by Gasteiger charge is 2.32. The van der Waals surface area contributed by atoms with E-state index in [0.717, 1.165) is 0 Å². The Kier molecular flexibility index (Phi) is 18.6. The third-order valence-electron chi connectivity index (χ3n) is 7.10. The second-order valence-corrected chi connectivity index (χ2v) is 11.2. The SMILES string of the molecule is CCC[C@H](NC(=O)[C@H](CC(=O)O)NC(=O)[C@H](CCCCN)NC(=O)[C@@H](N)CCCN=C(N)N)C(=O)N[C@@H](Cc1ccc(O)cc1)C(=O)O. The van der Waals surface area contributed by atoms with Crippen molar-refractivity contribution in [2.75, 3.05) is 13.1 Å². The summed E-state index contributed by atoms with van der Waals surface area (Å²) in [6.07, 6.45) is 1.08. The van der Waals surface area contributed by atoms with E-state index in [1.54, 1.807) is 6.92 Å². The molecule has 268 valence electrons. The first-order chi connectivity index (χ1) is 22.7. The molecule has 48 heavy (non-hydrogen) atoms. The summed E-state index contributed by atoms with van der Waals surface area (Å²) < 4.78 is 0. The molecule has 0 saturated heterocycles. The van der Waals surface area contributed by atoms with Crippen LogP contribution in [0.25, 0.3) is 0 Å². The number of phenolic OH excluding ortho intramolecular Hbond substituents is 1. The maximum Gasteiger partial charge on any atom is 0.326 e. The first kappa shape index (κ1) is 41.1. The van der Waals surface area contributed by atoms with E-state index in [4.69, 9.17) is 22.9 Å². The number of aliphatic carboxylic acids is 2. The topological polar surface area (TPSA) is 328 Å². The molecule has 0 fully saturated rings. The highest BCUT2D eigenvalue weighted by Crippen LogP contribution is 2.12. The molecular formula is C30H49N9O9. The largest absolute Gasteiger partial charge is 0.508 e. The number of hydrogen-bond acceptors (Lipinski definition) is 10. The average molecular weight is 680 g/mol.